The quantitative estimate of drug-likeness (QED) is 0.624. The maximum Gasteiger partial charge on any atom is -0.0276 e. The molecule has 16 heavy (non-hydrogen) atoms. The van der Waals surface area contributed by atoms with E-state index in [1.165, 1.54) is 36.8 Å². The highest BCUT2D eigenvalue weighted by Gasteiger charge is 2.03. The molecule has 1 rings (SSSR count). The highest BCUT2D eigenvalue weighted by Crippen LogP contribution is 2.16. The molecular formula is C16H28. The molecule has 0 fully saturated rings. The number of aryl methyl sites for hydroxylation is 2. The van der Waals surface area contributed by atoms with E-state index in [-0.39, 0.29) is 0 Å². The van der Waals surface area contributed by atoms with Gasteiger partial charge in [-0.3, -0.25) is 0 Å². The lowest BCUT2D eigenvalue weighted by molar-refractivity contribution is 0.456. The molecule has 0 bridgehead atoms. The van der Waals surface area contributed by atoms with Crippen LogP contribution in [0.25, 0.3) is 0 Å². The molecule has 0 heteroatoms. The van der Waals surface area contributed by atoms with Crippen molar-refractivity contribution in [3.63, 3.8) is 0 Å². The summed E-state index contributed by atoms with van der Waals surface area (Å²) in [6.45, 7) is 10.7. The summed E-state index contributed by atoms with van der Waals surface area (Å²) in [5.74, 6) is 0.913. The van der Waals surface area contributed by atoms with Gasteiger partial charge in [-0.05, 0) is 31.2 Å². The molecule has 0 aliphatic carbocycles. The average molecular weight is 220 g/mol. The molecule has 1 aromatic rings. The van der Waals surface area contributed by atoms with E-state index in [0.29, 0.717) is 0 Å². The molecule has 0 amide bonds. The Morgan fingerprint density at radius 2 is 1.44 bits per heavy atom. The molecule has 92 valence electrons. The fourth-order valence-electron chi connectivity index (χ4n) is 1.82. The minimum absolute atomic E-state index is 0.913. The predicted octanol–water partition coefficient (Wildman–Crippen LogP) is 5.39. The second-order valence-corrected chi connectivity index (χ2v) is 4.21. The van der Waals surface area contributed by atoms with E-state index in [1.54, 1.807) is 0 Å². The van der Waals surface area contributed by atoms with Gasteiger partial charge in [-0.2, -0.15) is 0 Å². The fourth-order valence-corrected chi connectivity index (χ4v) is 1.82. The van der Waals surface area contributed by atoms with Gasteiger partial charge < -0.3 is 0 Å². The van der Waals surface area contributed by atoms with E-state index in [0.717, 1.165) is 5.92 Å². The Balaban J connectivity index is 0.00000106. The Bertz CT molecular complexity index is 241. The smallest absolute Gasteiger partial charge is 0.0276 e. The van der Waals surface area contributed by atoms with Crippen LogP contribution >= 0.6 is 0 Å². The topological polar surface area (TPSA) is 0 Å². The molecular weight excluding hydrogens is 192 g/mol. The molecule has 1 aromatic carbocycles. The first-order chi connectivity index (χ1) is 7.76. The molecule has 0 atom stereocenters. The molecule has 0 N–H and O–H groups in total. The third-order valence-electron chi connectivity index (χ3n) is 3.12. The molecule has 0 spiro atoms. The predicted molar refractivity (Wildman–Crippen MR) is 74.9 cm³/mol. The van der Waals surface area contributed by atoms with Gasteiger partial charge in [0.05, 0.1) is 0 Å². The van der Waals surface area contributed by atoms with Crippen LogP contribution in [0, 0.1) is 12.8 Å². The van der Waals surface area contributed by atoms with Crippen LogP contribution in [0.5, 0.6) is 0 Å². The maximum absolute atomic E-state index is 2.29. The summed E-state index contributed by atoms with van der Waals surface area (Å²) >= 11 is 0. The van der Waals surface area contributed by atoms with Crippen LogP contribution in [0.15, 0.2) is 24.3 Å². The van der Waals surface area contributed by atoms with Crippen LogP contribution in [-0.2, 0) is 6.42 Å². The first-order valence-corrected chi connectivity index (χ1v) is 6.81. The molecule has 0 saturated heterocycles. The van der Waals surface area contributed by atoms with E-state index in [1.807, 2.05) is 13.8 Å². The van der Waals surface area contributed by atoms with Crippen molar-refractivity contribution in [2.24, 2.45) is 5.92 Å². The van der Waals surface area contributed by atoms with Crippen molar-refractivity contribution in [2.45, 2.75) is 60.3 Å². The van der Waals surface area contributed by atoms with Gasteiger partial charge in [0.2, 0.25) is 0 Å². The van der Waals surface area contributed by atoms with Gasteiger partial charge in [0.15, 0.2) is 0 Å². The highest BCUT2D eigenvalue weighted by molar-refractivity contribution is 5.21. The lowest BCUT2D eigenvalue weighted by atomic mass is 9.95. The van der Waals surface area contributed by atoms with E-state index in [2.05, 4.69) is 45.0 Å². The molecule has 0 heterocycles. The molecule has 0 radical (unpaired) electrons. The second-order valence-electron chi connectivity index (χ2n) is 4.21. The van der Waals surface area contributed by atoms with Crippen LogP contribution in [0.4, 0.5) is 0 Å². The summed E-state index contributed by atoms with van der Waals surface area (Å²) in [4.78, 5) is 0. The van der Waals surface area contributed by atoms with Gasteiger partial charge in [-0.25, -0.2) is 0 Å². The number of hydrogen-bond donors (Lipinski definition) is 0. The summed E-state index contributed by atoms with van der Waals surface area (Å²) in [5.41, 5.74) is 2.85. The third-order valence-corrected chi connectivity index (χ3v) is 3.12. The molecule has 0 unspecified atom stereocenters. The van der Waals surface area contributed by atoms with Crippen molar-refractivity contribution in [3.05, 3.63) is 35.4 Å². The van der Waals surface area contributed by atoms with Crippen molar-refractivity contribution in [1.82, 2.24) is 0 Å². The average Bonchev–Trinajstić information content (AvgIpc) is 2.35. The number of rotatable bonds is 5. The summed E-state index contributed by atoms with van der Waals surface area (Å²) in [6, 6.07) is 8.94. The Labute approximate surface area is 102 Å². The SMILES string of the molecule is CC.CCC(CC)CCc1ccc(C)cc1. The Hall–Kier alpha value is -0.780. The molecule has 0 saturated carbocycles. The normalized spacial score (nSPS) is 9.88. The van der Waals surface area contributed by atoms with Crippen molar-refractivity contribution >= 4 is 0 Å². The van der Waals surface area contributed by atoms with Crippen LogP contribution < -0.4 is 0 Å². The van der Waals surface area contributed by atoms with Crippen molar-refractivity contribution in [2.75, 3.05) is 0 Å². The zero-order chi connectivity index (χ0) is 12.4. The number of hydrogen-bond acceptors (Lipinski definition) is 0. The Morgan fingerprint density at radius 1 is 0.938 bits per heavy atom. The third kappa shape index (κ3) is 5.95. The van der Waals surface area contributed by atoms with Crippen LogP contribution in [0.2, 0.25) is 0 Å². The first-order valence-electron chi connectivity index (χ1n) is 6.81. The zero-order valence-corrected chi connectivity index (χ0v) is 11.7. The second kappa shape index (κ2) is 9.45. The summed E-state index contributed by atoms with van der Waals surface area (Å²) in [6.07, 6.45) is 5.23. The maximum atomic E-state index is 2.29. The van der Waals surface area contributed by atoms with Gasteiger partial charge in [0, 0.05) is 0 Å². The van der Waals surface area contributed by atoms with Crippen LogP contribution in [0.3, 0.4) is 0 Å². The lowest BCUT2D eigenvalue weighted by Crippen LogP contribution is -1.99. The largest absolute Gasteiger partial charge is 0.0683 e. The number of benzene rings is 1. The summed E-state index contributed by atoms with van der Waals surface area (Å²) in [5, 5.41) is 0. The Kier molecular flexibility index (Phi) is 8.99. The van der Waals surface area contributed by atoms with E-state index >= 15 is 0 Å². The van der Waals surface area contributed by atoms with Gasteiger partial charge in [-0.1, -0.05) is 70.4 Å². The van der Waals surface area contributed by atoms with Crippen molar-refractivity contribution < 1.29 is 0 Å². The lowest BCUT2D eigenvalue weighted by Gasteiger charge is -2.11. The minimum Gasteiger partial charge on any atom is -0.0683 e. The summed E-state index contributed by atoms with van der Waals surface area (Å²) in [7, 11) is 0. The molecule has 0 aliphatic heterocycles. The van der Waals surface area contributed by atoms with Crippen molar-refractivity contribution in [1.29, 1.82) is 0 Å². The fraction of sp³-hybridized carbons (Fsp3) is 0.625. The van der Waals surface area contributed by atoms with E-state index < -0.39 is 0 Å². The van der Waals surface area contributed by atoms with E-state index in [4.69, 9.17) is 0 Å². The Morgan fingerprint density at radius 3 is 1.88 bits per heavy atom. The van der Waals surface area contributed by atoms with Gasteiger partial charge in [0.25, 0.3) is 0 Å². The summed E-state index contributed by atoms with van der Waals surface area (Å²) < 4.78 is 0. The van der Waals surface area contributed by atoms with E-state index in [9.17, 15) is 0 Å². The van der Waals surface area contributed by atoms with Crippen LogP contribution in [-0.4, -0.2) is 0 Å². The van der Waals surface area contributed by atoms with Gasteiger partial charge in [-0.15, -0.1) is 0 Å². The highest BCUT2D eigenvalue weighted by atomic mass is 14.1. The minimum atomic E-state index is 0.913. The molecule has 0 aromatic heterocycles. The van der Waals surface area contributed by atoms with Crippen LogP contribution in [0.1, 0.15) is 58.1 Å². The monoisotopic (exact) mass is 220 g/mol. The molecule has 0 nitrogen and oxygen atoms in total. The first kappa shape index (κ1) is 15.2. The van der Waals surface area contributed by atoms with Crippen molar-refractivity contribution in [3.8, 4) is 0 Å². The van der Waals surface area contributed by atoms with Gasteiger partial charge >= 0.3 is 0 Å². The molecule has 0 aliphatic rings. The van der Waals surface area contributed by atoms with Gasteiger partial charge in [0.1, 0.15) is 0 Å². The standard InChI is InChI=1S/C14H22.C2H6/c1-4-13(5-2)10-11-14-8-6-12(3)7-9-14;1-2/h6-9,13H,4-5,10-11H2,1-3H3;1-2H3. The zero-order valence-electron chi connectivity index (χ0n) is 11.7.